The molecule has 0 atom stereocenters. The molecule has 4 aliphatic rings. The number of aromatic amines is 2. The molecule has 6 heterocycles. The van der Waals surface area contributed by atoms with Crippen molar-refractivity contribution in [3.63, 3.8) is 0 Å². The number of likely N-dealkylation sites (N-methyl/N-ethyl adjacent to an activating group) is 2. The average molecular weight is 1220 g/mol. The number of H-pyrrole nitrogens is 2. The fraction of sp³-hybridized carbons (Fsp3) is 0.391. The third-order valence-electron chi connectivity index (χ3n) is 15.3. The van der Waals surface area contributed by atoms with E-state index >= 15 is 0 Å². The van der Waals surface area contributed by atoms with Crippen molar-refractivity contribution in [1.82, 2.24) is 55.0 Å². The lowest BCUT2D eigenvalue weighted by Crippen LogP contribution is -2.48. The van der Waals surface area contributed by atoms with E-state index in [0.717, 1.165) is 154 Å². The monoisotopic (exact) mass is 1220 g/mol. The number of ether oxygens (including phenoxy) is 5. The lowest BCUT2D eigenvalue weighted by atomic mass is 9.94. The summed E-state index contributed by atoms with van der Waals surface area (Å²) < 4.78 is 29.5. The number of aromatic nitrogens is 8. The van der Waals surface area contributed by atoms with Crippen molar-refractivity contribution < 1.29 is 38.1 Å². The Bertz CT molecular complexity index is 3860. The maximum atomic E-state index is 12.2. The first-order chi connectivity index (χ1) is 42.0. The molecule has 87 heavy (non-hydrogen) atoms. The first kappa shape index (κ1) is 61.7. The number of fused-ring (bicyclic) bond motifs is 4. The second kappa shape index (κ2) is 27.6. The van der Waals surface area contributed by atoms with Gasteiger partial charge in [0.25, 0.3) is 0 Å². The number of piperazine rings is 1. The minimum absolute atomic E-state index is 0.0681. The van der Waals surface area contributed by atoms with E-state index in [1.807, 2.05) is 69.7 Å². The first-order valence-corrected chi connectivity index (χ1v) is 30.0. The number of piperidine rings is 1. The largest absolute Gasteiger partial charge is 0.487 e. The summed E-state index contributed by atoms with van der Waals surface area (Å²) in [7, 11) is 8.04. The highest BCUT2D eigenvalue weighted by molar-refractivity contribution is 6.36. The van der Waals surface area contributed by atoms with Crippen LogP contribution in [0, 0.1) is 13.8 Å². The lowest BCUT2D eigenvalue weighted by Gasteiger charge is -2.35. The van der Waals surface area contributed by atoms with Crippen LogP contribution in [-0.4, -0.2) is 179 Å². The number of aryl methyl sites for hydroxylation is 2. The highest BCUT2D eigenvalue weighted by atomic mass is 35.5. The van der Waals surface area contributed by atoms with Gasteiger partial charge in [-0.1, -0.05) is 55.1 Å². The van der Waals surface area contributed by atoms with Crippen LogP contribution in [0.25, 0.3) is 65.9 Å². The van der Waals surface area contributed by atoms with Gasteiger partial charge in [-0.3, -0.25) is 15.0 Å². The Hall–Kier alpha value is -8.37. The number of halogens is 2. The molecular formula is C64H73Cl2N13O8. The van der Waals surface area contributed by atoms with Gasteiger partial charge in [0.1, 0.15) is 35.9 Å². The van der Waals surface area contributed by atoms with Crippen molar-refractivity contribution >= 4 is 96.3 Å². The Morgan fingerprint density at radius 2 is 1.02 bits per heavy atom. The summed E-state index contributed by atoms with van der Waals surface area (Å²) in [4.78, 5) is 62.6. The number of hydrogen-bond acceptors (Lipinski definition) is 18. The summed E-state index contributed by atoms with van der Waals surface area (Å²) in [5.74, 6) is 1.33. The molecule has 4 aromatic heterocycles. The van der Waals surface area contributed by atoms with Crippen LogP contribution < -0.4 is 28.7 Å². The standard InChI is InChI=1S/C30H34ClN7O3.C28H33ClN6O2.C6H6O3/c1-5-24(39)37-10-12-38(13-11-37)29-20-16-22(31)26(25-18(2)6-9-23-21(25)17-32-35-23)28(41-19-7-8-19)27(20)33-30(34-29)40-15-14-36(3)4;1-17-7-10-22-20(16-30-33-22)23(17)24-21(29)15-19-25(26(24)37-18-8-9-18)31-28(36-14-13-34(2)3)32-27(19)35-11-5-4-6-12-35;1-3-5(7)9-6(8)4-2/h5-6,9,16-17,19H,1,7-8,10-15H2,2-4H3,(H,32,35);7,10,15-16,18H,4-6,8-9,11-14H2,1-3H3,(H,30,33);3-4H,1-2H2. The van der Waals surface area contributed by atoms with Gasteiger partial charge in [0.05, 0.1) is 45.7 Å². The average Bonchev–Trinajstić information content (AvgIpc) is 1.80. The van der Waals surface area contributed by atoms with Crippen LogP contribution in [0.4, 0.5) is 11.6 Å². The quantitative estimate of drug-likeness (QED) is 0.0436. The predicted molar refractivity (Wildman–Crippen MR) is 341 cm³/mol. The van der Waals surface area contributed by atoms with E-state index in [9.17, 15) is 14.4 Å². The third-order valence-corrected chi connectivity index (χ3v) is 15.9. The fourth-order valence-electron chi connectivity index (χ4n) is 10.5. The zero-order valence-electron chi connectivity index (χ0n) is 50.1. The summed E-state index contributed by atoms with van der Waals surface area (Å²) in [5, 5.41) is 19.6. The van der Waals surface area contributed by atoms with E-state index in [1.165, 1.54) is 12.5 Å². The second-order valence-corrected chi connectivity index (χ2v) is 23.2. The summed E-state index contributed by atoms with van der Waals surface area (Å²) in [6.07, 6.45) is 14.6. The number of carbonyl (C=O) groups is 3. The van der Waals surface area contributed by atoms with Crippen molar-refractivity contribution in [2.24, 2.45) is 0 Å². The highest BCUT2D eigenvalue weighted by Gasteiger charge is 2.34. The maximum absolute atomic E-state index is 12.2. The van der Waals surface area contributed by atoms with Gasteiger partial charge in [0, 0.05) is 108 Å². The van der Waals surface area contributed by atoms with Gasteiger partial charge in [-0.15, -0.1) is 0 Å². The molecule has 2 N–H and O–H groups in total. The van der Waals surface area contributed by atoms with E-state index in [4.69, 9.17) is 62.1 Å². The summed E-state index contributed by atoms with van der Waals surface area (Å²) >= 11 is 14.3. The van der Waals surface area contributed by atoms with Gasteiger partial charge >= 0.3 is 24.0 Å². The smallest absolute Gasteiger partial charge is 0.338 e. The molecule has 0 spiro atoms. The van der Waals surface area contributed by atoms with Crippen LogP contribution >= 0.6 is 23.2 Å². The molecule has 23 heteroatoms. The fourth-order valence-corrected chi connectivity index (χ4v) is 11.0. The molecule has 0 radical (unpaired) electrons. The molecule has 2 saturated carbocycles. The van der Waals surface area contributed by atoms with Crippen LogP contribution in [-0.2, 0) is 19.1 Å². The lowest BCUT2D eigenvalue weighted by molar-refractivity contribution is -0.152. The Balaban J connectivity index is 0.000000170. The van der Waals surface area contributed by atoms with Gasteiger partial charge in [-0.25, -0.2) is 9.59 Å². The van der Waals surface area contributed by atoms with E-state index < -0.39 is 11.9 Å². The number of anilines is 2. The molecule has 21 nitrogen and oxygen atoms in total. The zero-order valence-corrected chi connectivity index (χ0v) is 51.6. The van der Waals surface area contributed by atoms with Crippen LogP contribution in [0.5, 0.6) is 23.5 Å². The van der Waals surface area contributed by atoms with Gasteiger partial charge in [-0.2, -0.15) is 30.1 Å². The SMILES string of the molecule is C=CC(=O)N1CCN(c2nc(OCCN(C)C)nc3c(OC4CC4)c(-c4c(C)ccc5[nH]ncc45)c(Cl)cc23)CC1.C=CC(=O)OC(=O)C=C.Cc1ccc2[nH]ncc2c1-c1c(Cl)cc2c(N3CCCCC3)nc(OCCN(C)C)nc2c1OC1CC1. The molecular weight excluding hydrogens is 1150 g/mol. The predicted octanol–water partition coefficient (Wildman–Crippen LogP) is 10.5. The number of rotatable bonds is 19. The molecule has 12 rings (SSSR count). The maximum Gasteiger partial charge on any atom is 0.338 e. The van der Waals surface area contributed by atoms with E-state index in [0.29, 0.717) is 78.3 Å². The highest BCUT2D eigenvalue weighted by Crippen LogP contribution is 2.51. The van der Waals surface area contributed by atoms with Crippen LogP contribution in [0.2, 0.25) is 10.0 Å². The van der Waals surface area contributed by atoms with Crippen molar-refractivity contribution in [2.45, 2.75) is 71.0 Å². The summed E-state index contributed by atoms with van der Waals surface area (Å²) in [6.45, 7) is 20.6. The Morgan fingerprint density at radius 3 is 1.43 bits per heavy atom. The topological polar surface area (TPSA) is 222 Å². The Morgan fingerprint density at radius 1 is 0.586 bits per heavy atom. The van der Waals surface area contributed by atoms with Crippen molar-refractivity contribution in [3.05, 3.63) is 108 Å². The van der Waals surface area contributed by atoms with Gasteiger partial charge in [0.15, 0.2) is 11.5 Å². The molecule has 4 fully saturated rings. The normalized spacial score (nSPS) is 15.0. The zero-order chi connectivity index (χ0) is 61.5. The summed E-state index contributed by atoms with van der Waals surface area (Å²) in [5.41, 5.74) is 9.07. The second-order valence-electron chi connectivity index (χ2n) is 22.4. The van der Waals surface area contributed by atoms with Gasteiger partial charge < -0.3 is 48.2 Å². The van der Waals surface area contributed by atoms with Gasteiger partial charge in [0.2, 0.25) is 5.91 Å². The minimum Gasteiger partial charge on any atom is -0.487 e. The molecule has 2 aliphatic carbocycles. The van der Waals surface area contributed by atoms with E-state index in [1.54, 1.807) is 4.90 Å². The summed E-state index contributed by atoms with van der Waals surface area (Å²) in [6, 6.07) is 12.8. The number of carbonyl (C=O) groups excluding carboxylic acids is 3. The molecule has 4 aromatic carbocycles. The van der Waals surface area contributed by atoms with Crippen LogP contribution in [0.15, 0.2) is 86.8 Å². The number of nitrogens with one attached hydrogen (secondary N) is 2. The molecule has 0 unspecified atom stereocenters. The molecule has 2 saturated heterocycles. The van der Waals surface area contributed by atoms with E-state index in [-0.39, 0.29) is 24.1 Å². The third kappa shape index (κ3) is 14.4. The number of benzene rings is 4. The number of amides is 1. The molecule has 2 aliphatic heterocycles. The van der Waals surface area contributed by atoms with Crippen molar-refractivity contribution in [3.8, 4) is 45.8 Å². The number of nitrogens with zero attached hydrogens (tertiary/aromatic N) is 11. The van der Waals surface area contributed by atoms with Crippen molar-refractivity contribution in [1.29, 1.82) is 0 Å². The van der Waals surface area contributed by atoms with Crippen LogP contribution in [0.1, 0.15) is 56.1 Å². The Labute approximate surface area is 515 Å². The number of hydrogen-bond donors (Lipinski definition) is 2. The van der Waals surface area contributed by atoms with E-state index in [2.05, 4.69) is 85.5 Å². The number of esters is 2. The van der Waals surface area contributed by atoms with Gasteiger partial charge in [-0.05, 0) is 128 Å². The molecule has 456 valence electrons. The molecule has 0 bridgehead atoms. The molecule has 8 aromatic rings. The van der Waals surface area contributed by atoms with Crippen LogP contribution in [0.3, 0.4) is 0 Å². The first-order valence-electron chi connectivity index (χ1n) is 29.3. The molecule has 1 amide bonds. The Kier molecular flexibility index (Phi) is 19.5. The minimum atomic E-state index is -0.764. The van der Waals surface area contributed by atoms with Crippen molar-refractivity contribution in [2.75, 3.05) is 104 Å².